The first-order chi connectivity index (χ1) is 20.1. The van der Waals surface area contributed by atoms with E-state index in [1.54, 1.807) is 24.3 Å². The number of primary amides is 1. The van der Waals surface area contributed by atoms with Gasteiger partial charge in [-0.15, -0.1) is 0 Å². The third-order valence-corrected chi connectivity index (χ3v) is 6.48. The van der Waals surface area contributed by atoms with Crippen molar-refractivity contribution in [2.75, 3.05) is 11.9 Å². The normalized spacial score (nSPS) is 11.1. The molecule has 5 N–H and O–H groups in total. The molecule has 0 saturated heterocycles. The van der Waals surface area contributed by atoms with Gasteiger partial charge in [0.1, 0.15) is 17.5 Å². The van der Waals surface area contributed by atoms with Gasteiger partial charge >= 0.3 is 0 Å². The van der Waals surface area contributed by atoms with Crippen molar-refractivity contribution in [1.29, 1.82) is 5.41 Å². The monoisotopic (exact) mass is 615 g/mol. The number of aromatic nitrogens is 1. The van der Waals surface area contributed by atoms with Crippen molar-refractivity contribution in [3.63, 3.8) is 0 Å². The second-order valence-corrected chi connectivity index (χ2v) is 9.68. The Kier molecular flexibility index (Phi) is 11.5. The lowest BCUT2D eigenvalue weighted by molar-refractivity contribution is -0.110. The SMILES string of the molecule is CCNc1cc(Cl)cc(Cl)c1C=N.NC(=O)c1cc(-c2cccnc2C(Cc2cc(F)cc(F)c2)NC=O)ccc1F. The minimum atomic E-state index is -0.924. The highest BCUT2D eigenvalue weighted by atomic mass is 35.5. The summed E-state index contributed by atoms with van der Waals surface area (Å²) in [6, 6.07) is 12.9. The Morgan fingerprint density at radius 3 is 2.40 bits per heavy atom. The summed E-state index contributed by atoms with van der Waals surface area (Å²) >= 11 is 11.7. The second-order valence-electron chi connectivity index (χ2n) is 8.84. The molecular weight excluding hydrogens is 590 g/mol. The molecule has 2 amide bonds. The number of anilines is 1. The Hall–Kier alpha value is -4.41. The molecule has 0 aliphatic carbocycles. The second kappa shape index (κ2) is 15.0. The van der Waals surface area contributed by atoms with Crippen LogP contribution in [0, 0.1) is 22.9 Å². The molecule has 1 aromatic heterocycles. The number of halogens is 5. The van der Waals surface area contributed by atoms with Gasteiger partial charge in [-0.1, -0.05) is 35.3 Å². The van der Waals surface area contributed by atoms with E-state index >= 15 is 0 Å². The van der Waals surface area contributed by atoms with Crippen molar-refractivity contribution in [1.82, 2.24) is 10.3 Å². The van der Waals surface area contributed by atoms with Crippen LogP contribution in [0.5, 0.6) is 0 Å². The Bertz CT molecular complexity index is 1580. The summed E-state index contributed by atoms with van der Waals surface area (Å²) < 4.78 is 40.9. The topological polar surface area (TPSA) is 121 Å². The first-order valence-electron chi connectivity index (χ1n) is 12.5. The third kappa shape index (κ3) is 8.31. The maximum atomic E-state index is 13.8. The molecule has 0 bridgehead atoms. The minimum absolute atomic E-state index is 0.0568. The lowest BCUT2D eigenvalue weighted by atomic mass is 9.94. The Balaban J connectivity index is 0.000000312. The highest BCUT2D eigenvalue weighted by Gasteiger charge is 2.20. The molecule has 0 spiro atoms. The van der Waals surface area contributed by atoms with Gasteiger partial charge in [-0.25, -0.2) is 13.2 Å². The van der Waals surface area contributed by atoms with Gasteiger partial charge in [-0.2, -0.15) is 0 Å². The number of benzene rings is 3. The zero-order chi connectivity index (χ0) is 30.8. The van der Waals surface area contributed by atoms with Gasteiger partial charge in [-0.05, 0) is 66.9 Å². The number of nitrogens with two attached hydrogens (primary N) is 1. The van der Waals surface area contributed by atoms with E-state index in [9.17, 15) is 22.8 Å². The first-order valence-corrected chi connectivity index (χ1v) is 13.3. The van der Waals surface area contributed by atoms with Crippen LogP contribution in [0.1, 0.15) is 40.1 Å². The molecule has 1 unspecified atom stereocenters. The number of hydrogen-bond acceptors (Lipinski definition) is 5. The van der Waals surface area contributed by atoms with Crippen LogP contribution in [-0.2, 0) is 11.2 Å². The minimum Gasteiger partial charge on any atom is -0.385 e. The van der Waals surface area contributed by atoms with E-state index < -0.39 is 29.4 Å². The van der Waals surface area contributed by atoms with E-state index in [1.165, 1.54) is 24.5 Å². The lowest BCUT2D eigenvalue weighted by Gasteiger charge is -2.19. The van der Waals surface area contributed by atoms with Gasteiger partial charge in [0.2, 0.25) is 6.41 Å². The number of rotatable bonds is 10. The van der Waals surface area contributed by atoms with Crippen LogP contribution in [0.15, 0.2) is 66.9 Å². The standard InChI is InChI=1S/C21H16F3N3O2.C9H10Cl2N2/c22-14-6-12(7-15(23)10-14)8-19(27-11-28)20-16(2-1-5-26-20)13-3-4-18(24)17(9-13)21(25)29;1-2-13-9-4-6(10)3-8(11)7(9)5-12/h1-7,9-11,19H,8H2,(H2,25,29)(H,27,28);3-5,12-13H,2H2,1H3. The van der Waals surface area contributed by atoms with E-state index in [0.29, 0.717) is 44.4 Å². The molecule has 4 aromatic rings. The van der Waals surface area contributed by atoms with Crippen LogP contribution in [0.4, 0.5) is 18.9 Å². The fourth-order valence-corrected chi connectivity index (χ4v) is 4.72. The van der Waals surface area contributed by atoms with E-state index in [0.717, 1.165) is 36.5 Å². The van der Waals surface area contributed by atoms with Crippen molar-refractivity contribution in [3.8, 4) is 11.1 Å². The molecule has 1 heterocycles. The summed E-state index contributed by atoms with van der Waals surface area (Å²) in [4.78, 5) is 26.9. The third-order valence-electron chi connectivity index (χ3n) is 5.95. The molecule has 12 heteroatoms. The number of hydrogen-bond donors (Lipinski definition) is 4. The number of nitrogens with one attached hydrogen (secondary N) is 3. The molecular formula is C30H26Cl2F3N5O2. The van der Waals surface area contributed by atoms with E-state index in [4.69, 9.17) is 34.3 Å². The molecule has 7 nitrogen and oxygen atoms in total. The van der Waals surface area contributed by atoms with Crippen molar-refractivity contribution in [2.45, 2.75) is 19.4 Å². The van der Waals surface area contributed by atoms with E-state index in [1.807, 2.05) is 6.92 Å². The quantitative estimate of drug-likeness (QED) is 0.117. The molecule has 218 valence electrons. The van der Waals surface area contributed by atoms with Crippen LogP contribution >= 0.6 is 23.2 Å². The van der Waals surface area contributed by atoms with Gasteiger partial charge in [0.25, 0.3) is 5.91 Å². The molecule has 3 aromatic carbocycles. The fourth-order valence-electron chi connectivity index (χ4n) is 4.17. The summed E-state index contributed by atoms with van der Waals surface area (Å²) in [5.41, 5.74) is 8.05. The molecule has 42 heavy (non-hydrogen) atoms. The molecule has 0 aliphatic rings. The predicted molar refractivity (Wildman–Crippen MR) is 159 cm³/mol. The molecule has 0 saturated carbocycles. The van der Waals surface area contributed by atoms with E-state index in [-0.39, 0.29) is 12.0 Å². The summed E-state index contributed by atoms with van der Waals surface area (Å²) in [6.07, 6.45) is 3.22. The summed E-state index contributed by atoms with van der Waals surface area (Å²) in [7, 11) is 0. The number of carbonyl (C=O) groups excluding carboxylic acids is 2. The molecule has 0 radical (unpaired) electrons. The van der Waals surface area contributed by atoms with Crippen LogP contribution < -0.4 is 16.4 Å². The van der Waals surface area contributed by atoms with Gasteiger partial charge < -0.3 is 21.8 Å². The average Bonchev–Trinajstić information content (AvgIpc) is 2.93. The number of amides is 2. The van der Waals surface area contributed by atoms with Crippen LogP contribution in [0.25, 0.3) is 11.1 Å². The summed E-state index contributed by atoms with van der Waals surface area (Å²) in [5, 5.41) is 13.9. The van der Waals surface area contributed by atoms with Crippen molar-refractivity contribution < 1.29 is 22.8 Å². The lowest BCUT2D eigenvalue weighted by Crippen LogP contribution is -2.23. The van der Waals surface area contributed by atoms with Gasteiger partial charge in [0.15, 0.2) is 0 Å². The zero-order valence-corrected chi connectivity index (χ0v) is 23.7. The summed E-state index contributed by atoms with van der Waals surface area (Å²) in [5.74, 6) is -3.16. The fraction of sp³-hybridized carbons (Fsp3) is 0.133. The highest BCUT2D eigenvalue weighted by Crippen LogP contribution is 2.30. The molecule has 0 fully saturated rings. The number of nitrogens with zero attached hydrogens (tertiary/aromatic N) is 1. The first kappa shape index (κ1) is 32.1. The smallest absolute Gasteiger partial charge is 0.251 e. The van der Waals surface area contributed by atoms with Gasteiger partial charge in [0, 0.05) is 46.9 Å². The van der Waals surface area contributed by atoms with E-state index in [2.05, 4.69) is 15.6 Å². The Morgan fingerprint density at radius 2 is 1.79 bits per heavy atom. The van der Waals surface area contributed by atoms with Gasteiger partial charge in [0.05, 0.1) is 22.3 Å². The summed E-state index contributed by atoms with van der Waals surface area (Å²) in [6.45, 7) is 2.75. The van der Waals surface area contributed by atoms with Crippen LogP contribution in [0.2, 0.25) is 10.0 Å². The van der Waals surface area contributed by atoms with Crippen LogP contribution in [-0.4, -0.2) is 30.1 Å². The highest BCUT2D eigenvalue weighted by molar-refractivity contribution is 6.37. The number of carbonyl (C=O) groups is 2. The maximum Gasteiger partial charge on any atom is 0.251 e. The predicted octanol–water partition coefficient (Wildman–Crippen LogP) is 6.72. The largest absolute Gasteiger partial charge is 0.385 e. The molecule has 4 rings (SSSR count). The van der Waals surface area contributed by atoms with Gasteiger partial charge in [-0.3, -0.25) is 14.6 Å². The zero-order valence-electron chi connectivity index (χ0n) is 22.2. The van der Waals surface area contributed by atoms with Crippen molar-refractivity contribution in [3.05, 3.63) is 117 Å². The number of pyridine rings is 1. The Morgan fingerprint density at radius 1 is 1.07 bits per heavy atom. The Labute approximate surface area is 250 Å². The van der Waals surface area contributed by atoms with Crippen molar-refractivity contribution in [2.24, 2.45) is 5.73 Å². The molecule has 0 aliphatic heterocycles. The maximum absolute atomic E-state index is 13.8. The average molecular weight is 616 g/mol. The van der Waals surface area contributed by atoms with Crippen LogP contribution in [0.3, 0.4) is 0 Å². The van der Waals surface area contributed by atoms with Crippen molar-refractivity contribution >= 4 is 47.4 Å². The molecule has 1 atom stereocenters.